The van der Waals surface area contributed by atoms with Crippen molar-refractivity contribution in [3.8, 4) is 0 Å². The van der Waals surface area contributed by atoms with Crippen LogP contribution in [-0.4, -0.2) is 23.4 Å². The first-order valence-corrected chi connectivity index (χ1v) is 8.04. The molecule has 2 aromatic rings. The Morgan fingerprint density at radius 1 is 1.12 bits per heavy atom. The number of rotatable bonds is 4. The average Bonchev–Trinajstić information content (AvgIpc) is 2.58. The minimum Gasteiger partial charge on any atom is -0.352 e. The van der Waals surface area contributed by atoms with Crippen LogP contribution in [0.1, 0.15) is 34.5 Å². The summed E-state index contributed by atoms with van der Waals surface area (Å²) in [7, 11) is 0. The SMILES string of the molecule is CC1CN(C(=O)c2ccc(CNC(N)=O)cc2)C1c1ccccc1. The lowest BCUT2D eigenvalue weighted by Crippen LogP contribution is -2.51. The van der Waals surface area contributed by atoms with Gasteiger partial charge in [-0.25, -0.2) is 4.79 Å². The number of nitrogens with one attached hydrogen (secondary N) is 1. The molecular formula is C19H21N3O2. The van der Waals surface area contributed by atoms with Gasteiger partial charge in [-0.05, 0) is 29.2 Å². The highest BCUT2D eigenvalue weighted by Gasteiger charge is 2.40. The largest absolute Gasteiger partial charge is 0.352 e. The fourth-order valence-electron chi connectivity index (χ4n) is 3.18. The lowest BCUT2D eigenvalue weighted by Gasteiger charge is -2.47. The summed E-state index contributed by atoms with van der Waals surface area (Å²) in [5.74, 6) is 0.492. The molecule has 0 radical (unpaired) electrons. The third-order valence-electron chi connectivity index (χ3n) is 4.43. The van der Waals surface area contributed by atoms with E-state index in [-0.39, 0.29) is 11.9 Å². The van der Waals surface area contributed by atoms with Gasteiger partial charge in [0, 0.05) is 18.7 Å². The zero-order valence-electron chi connectivity index (χ0n) is 13.6. The maximum atomic E-state index is 12.8. The lowest BCUT2D eigenvalue weighted by atomic mass is 9.84. The number of amides is 3. The summed E-state index contributed by atoms with van der Waals surface area (Å²) in [6, 6.07) is 17.0. The van der Waals surface area contributed by atoms with Crippen LogP contribution in [0.25, 0.3) is 0 Å². The summed E-state index contributed by atoms with van der Waals surface area (Å²) >= 11 is 0. The van der Waals surface area contributed by atoms with E-state index in [0.717, 1.165) is 12.1 Å². The quantitative estimate of drug-likeness (QED) is 0.907. The number of benzene rings is 2. The molecule has 3 N–H and O–H groups in total. The van der Waals surface area contributed by atoms with Gasteiger partial charge in [-0.2, -0.15) is 0 Å². The Labute approximate surface area is 141 Å². The first kappa shape index (κ1) is 16.1. The van der Waals surface area contributed by atoms with Crippen LogP contribution in [0.4, 0.5) is 4.79 Å². The maximum absolute atomic E-state index is 12.8. The maximum Gasteiger partial charge on any atom is 0.312 e. The van der Waals surface area contributed by atoms with Crippen molar-refractivity contribution in [1.29, 1.82) is 0 Å². The van der Waals surface area contributed by atoms with Gasteiger partial charge >= 0.3 is 6.03 Å². The highest BCUT2D eigenvalue weighted by molar-refractivity contribution is 5.95. The van der Waals surface area contributed by atoms with Gasteiger partial charge in [0.2, 0.25) is 0 Å². The van der Waals surface area contributed by atoms with Crippen molar-refractivity contribution in [2.45, 2.75) is 19.5 Å². The minimum absolute atomic E-state index is 0.0383. The normalized spacial score (nSPS) is 19.5. The van der Waals surface area contributed by atoms with Gasteiger partial charge in [0.05, 0.1) is 6.04 Å². The van der Waals surface area contributed by atoms with Crippen LogP contribution in [0, 0.1) is 5.92 Å². The van der Waals surface area contributed by atoms with Crippen LogP contribution in [0.15, 0.2) is 54.6 Å². The van der Waals surface area contributed by atoms with E-state index in [1.807, 2.05) is 35.2 Å². The molecule has 1 heterocycles. The zero-order valence-corrected chi connectivity index (χ0v) is 13.6. The van der Waals surface area contributed by atoms with Crippen molar-refractivity contribution in [3.05, 3.63) is 71.3 Å². The van der Waals surface area contributed by atoms with E-state index in [2.05, 4.69) is 24.4 Å². The molecule has 0 saturated carbocycles. The van der Waals surface area contributed by atoms with Crippen molar-refractivity contribution >= 4 is 11.9 Å². The van der Waals surface area contributed by atoms with E-state index < -0.39 is 6.03 Å². The molecule has 5 nitrogen and oxygen atoms in total. The van der Waals surface area contributed by atoms with Crippen molar-refractivity contribution in [1.82, 2.24) is 10.2 Å². The molecule has 24 heavy (non-hydrogen) atoms. The van der Waals surface area contributed by atoms with Crippen LogP contribution in [-0.2, 0) is 6.54 Å². The molecular weight excluding hydrogens is 302 g/mol. The highest BCUT2D eigenvalue weighted by Crippen LogP contribution is 2.39. The van der Waals surface area contributed by atoms with Crippen molar-refractivity contribution in [2.24, 2.45) is 11.7 Å². The molecule has 0 bridgehead atoms. The molecule has 0 aromatic heterocycles. The Morgan fingerprint density at radius 3 is 2.38 bits per heavy atom. The number of hydrogen-bond acceptors (Lipinski definition) is 2. The van der Waals surface area contributed by atoms with E-state index in [4.69, 9.17) is 5.73 Å². The number of urea groups is 1. The highest BCUT2D eigenvalue weighted by atomic mass is 16.2. The first-order valence-electron chi connectivity index (χ1n) is 8.04. The summed E-state index contributed by atoms with van der Waals surface area (Å²) < 4.78 is 0. The number of carbonyl (C=O) groups excluding carboxylic acids is 2. The topological polar surface area (TPSA) is 75.4 Å². The van der Waals surface area contributed by atoms with Gasteiger partial charge in [-0.15, -0.1) is 0 Å². The molecule has 0 spiro atoms. The Hall–Kier alpha value is -2.82. The molecule has 1 saturated heterocycles. The molecule has 1 aliphatic heterocycles. The van der Waals surface area contributed by atoms with Crippen molar-refractivity contribution in [2.75, 3.05) is 6.54 Å². The van der Waals surface area contributed by atoms with Gasteiger partial charge in [0.15, 0.2) is 0 Å². The second-order valence-corrected chi connectivity index (χ2v) is 6.21. The van der Waals surface area contributed by atoms with Gasteiger partial charge in [0.1, 0.15) is 0 Å². The number of hydrogen-bond donors (Lipinski definition) is 2. The molecule has 2 unspecified atom stereocenters. The Bertz CT molecular complexity index is 728. The minimum atomic E-state index is -0.560. The zero-order chi connectivity index (χ0) is 17.1. The molecule has 2 atom stereocenters. The second kappa shape index (κ2) is 6.74. The van der Waals surface area contributed by atoms with Crippen LogP contribution in [0.5, 0.6) is 0 Å². The van der Waals surface area contributed by atoms with Gasteiger partial charge in [-0.1, -0.05) is 49.4 Å². The van der Waals surface area contributed by atoms with Gasteiger partial charge < -0.3 is 16.0 Å². The number of primary amides is 1. The van der Waals surface area contributed by atoms with Crippen LogP contribution >= 0.6 is 0 Å². The summed E-state index contributed by atoms with van der Waals surface area (Å²) in [5, 5.41) is 2.53. The van der Waals surface area contributed by atoms with Crippen LogP contribution < -0.4 is 11.1 Å². The predicted octanol–water partition coefficient (Wildman–Crippen LogP) is 2.69. The van der Waals surface area contributed by atoms with E-state index in [1.54, 1.807) is 12.1 Å². The number of carbonyl (C=O) groups is 2. The van der Waals surface area contributed by atoms with Gasteiger partial charge in [0.25, 0.3) is 5.91 Å². The van der Waals surface area contributed by atoms with E-state index in [9.17, 15) is 9.59 Å². The summed E-state index contributed by atoms with van der Waals surface area (Å²) in [5.41, 5.74) is 7.79. The smallest absolute Gasteiger partial charge is 0.312 e. The molecule has 2 aromatic carbocycles. The standard InChI is InChI=1S/C19H21N3O2/c1-13-12-22(17(13)15-5-3-2-4-6-15)18(23)16-9-7-14(8-10-16)11-21-19(20)24/h2-10,13,17H,11-12H2,1H3,(H3,20,21,24). The fraction of sp³-hybridized carbons (Fsp3) is 0.263. The number of likely N-dealkylation sites (tertiary alicyclic amines) is 1. The lowest BCUT2D eigenvalue weighted by molar-refractivity contribution is 0.0198. The van der Waals surface area contributed by atoms with Crippen molar-refractivity contribution in [3.63, 3.8) is 0 Å². The first-order chi connectivity index (χ1) is 11.6. The van der Waals surface area contributed by atoms with Gasteiger partial charge in [-0.3, -0.25) is 4.79 Å². The Balaban J connectivity index is 1.71. The molecule has 5 heteroatoms. The summed E-state index contributed by atoms with van der Waals surface area (Å²) in [6.45, 7) is 3.29. The summed E-state index contributed by atoms with van der Waals surface area (Å²) in [6.07, 6.45) is 0. The average molecular weight is 323 g/mol. The Morgan fingerprint density at radius 2 is 1.79 bits per heavy atom. The van der Waals surface area contributed by atoms with E-state index in [0.29, 0.717) is 18.0 Å². The van der Waals surface area contributed by atoms with E-state index >= 15 is 0 Å². The molecule has 1 aliphatic rings. The summed E-state index contributed by atoms with van der Waals surface area (Å²) in [4.78, 5) is 25.4. The monoisotopic (exact) mass is 323 g/mol. The van der Waals surface area contributed by atoms with Crippen molar-refractivity contribution < 1.29 is 9.59 Å². The Kier molecular flexibility index (Phi) is 4.51. The predicted molar refractivity (Wildman–Crippen MR) is 92.2 cm³/mol. The fourth-order valence-corrected chi connectivity index (χ4v) is 3.18. The third kappa shape index (κ3) is 3.25. The molecule has 0 aliphatic carbocycles. The van der Waals surface area contributed by atoms with Crippen LogP contribution in [0.3, 0.4) is 0 Å². The second-order valence-electron chi connectivity index (χ2n) is 6.21. The molecule has 1 fully saturated rings. The molecule has 124 valence electrons. The number of nitrogens with zero attached hydrogens (tertiary/aromatic N) is 1. The van der Waals surface area contributed by atoms with Crippen LogP contribution in [0.2, 0.25) is 0 Å². The van der Waals surface area contributed by atoms with E-state index in [1.165, 1.54) is 5.56 Å². The molecule has 3 rings (SSSR count). The third-order valence-corrected chi connectivity index (χ3v) is 4.43. The molecule has 3 amide bonds. The number of nitrogens with two attached hydrogens (primary N) is 1.